The summed E-state index contributed by atoms with van der Waals surface area (Å²) < 4.78 is 37.9. The quantitative estimate of drug-likeness (QED) is 0.410. The molecule has 0 N–H and O–H groups in total. The van der Waals surface area contributed by atoms with E-state index in [0.29, 0.717) is 6.07 Å². The van der Waals surface area contributed by atoms with Crippen LogP contribution in [0.2, 0.25) is 0 Å². The van der Waals surface area contributed by atoms with E-state index in [1.54, 1.807) is 5.16 Å². The van der Waals surface area contributed by atoms with Crippen LogP contribution < -0.4 is 0 Å². The van der Waals surface area contributed by atoms with Gasteiger partial charge in [-0.05, 0) is 24.4 Å². The Morgan fingerprint density at radius 3 is 2.50 bits per heavy atom. The Balaban J connectivity index is 3.31. The average Bonchev–Trinajstić information content (AvgIpc) is 2.15. The molecule has 0 saturated heterocycles. The number of nitrogens with zero attached hydrogens (tertiary/aromatic N) is 1. The Labute approximate surface area is 82.1 Å². The topological polar surface area (TPSA) is 29.4 Å². The molecule has 14 heavy (non-hydrogen) atoms. The lowest BCUT2D eigenvalue weighted by Crippen LogP contribution is -2.02. The number of isothiocyanates is 1. The van der Waals surface area contributed by atoms with Crippen LogP contribution in [0, 0.1) is 17.5 Å². The van der Waals surface area contributed by atoms with Gasteiger partial charge in [0.2, 0.25) is 0 Å². The molecule has 1 rings (SSSR count). The van der Waals surface area contributed by atoms with Gasteiger partial charge in [0.1, 0.15) is 0 Å². The van der Waals surface area contributed by atoms with Gasteiger partial charge in [-0.3, -0.25) is 4.79 Å². The minimum absolute atomic E-state index is 0.630. The van der Waals surface area contributed by atoms with Crippen molar-refractivity contribution in [2.24, 2.45) is 4.99 Å². The fourth-order valence-corrected chi connectivity index (χ4v) is 0.876. The highest BCUT2D eigenvalue weighted by Gasteiger charge is 2.17. The zero-order valence-corrected chi connectivity index (χ0v) is 7.37. The molecule has 1 amide bonds. The Hall–Kier alpha value is -1.52. The molecule has 1 aromatic rings. The number of aliphatic imine (C=N–C) groups is 1. The van der Waals surface area contributed by atoms with Crippen molar-refractivity contribution >= 4 is 23.3 Å². The second kappa shape index (κ2) is 4.13. The lowest BCUT2D eigenvalue weighted by atomic mass is 10.2. The van der Waals surface area contributed by atoms with Crippen molar-refractivity contribution in [3.63, 3.8) is 0 Å². The Morgan fingerprint density at radius 2 is 1.93 bits per heavy atom. The third-order valence-electron chi connectivity index (χ3n) is 1.41. The first kappa shape index (κ1) is 10.6. The van der Waals surface area contributed by atoms with Gasteiger partial charge in [0.05, 0.1) is 10.7 Å². The molecule has 0 aliphatic rings. The molecule has 0 aliphatic heterocycles. The molecule has 0 aromatic heterocycles. The zero-order chi connectivity index (χ0) is 10.7. The smallest absolute Gasteiger partial charge is 0.266 e. The van der Waals surface area contributed by atoms with Gasteiger partial charge in [0.15, 0.2) is 17.5 Å². The molecule has 0 spiro atoms. The molecule has 0 bridgehead atoms. The average molecular weight is 217 g/mol. The SMILES string of the molecule is O=C(N=C=S)c1ccc(F)c(F)c1F. The van der Waals surface area contributed by atoms with Crippen LogP contribution in [0.5, 0.6) is 0 Å². The summed E-state index contributed by atoms with van der Waals surface area (Å²) in [5.74, 6) is -5.76. The van der Waals surface area contributed by atoms with E-state index in [0.717, 1.165) is 6.07 Å². The highest BCUT2D eigenvalue weighted by atomic mass is 32.1. The molecule has 0 atom stereocenters. The van der Waals surface area contributed by atoms with Crippen LogP contribution in [-0.4, -0.2) is 11.1 Å². The molecule has 0 radical (unpaired) electrons. The van der Waals surface area contributed by atoms with Gasteiger partial charge in [0, 0.05) is 0 Å². The van der Waals surface area contributed by atoms with Crippen LogP contribution in [-0.2, 0) is 0 Å². The van der Waals surface area contributed by atoms with Crippen LogP contribution >= 0.6 is 12.2 Å². The Morgan fingerprint density at radius 1 is 1.29 bits per heavy atom. The maximum absolute atomic E-state index is 12.9. The van der Waals surface area contributed by atoms with Crippen LogP contribution in [0.25, 0.3) is 0 Å². The summed E-state index contributed by atoms with van der Waals surface area (Å²) in [6.45, 7) is 0. The minimum atomic E-state index is -1.71. The molecule has 72 valence electrons. The molecule has 0 unspecified atom stereocenters. The summed E-state index contributed by atoms with van der Waals surface area (Å²) in [5.41, 5.74) is -0.679. The fraction of sp³-hybridized carbons (Fsp3) is 0. The van der Waals surface area contributed by atoms with E-state index in [1.807, 2.05) is 0 Å². The van der Waals surface area contributed by atoms with Crippen molar-refractivity contribution in [2.75, 3.05) is 0 Å². The van der Waals surface area contributed by atoms with E-state index in [-0.39, 0.29) is 0 Å². The number of carbonyl (C=O) groups is 1. The molecule has 0 aliphatic carbocycles. The van der Waals surface area contributed by atoms with Crippen LogP contribution in [0.4, 0.5) is 13.2 Å². The molecule has 1 aromatic carbocycles. The number of rotatable bonds is 1. The molecular formula is C8H2F3NOS. The number of hydrogen-bond donors (Lipinski definition) is 0. The molecule has 6 heteroatoms. The number of halogens is 3. The lowest BCUT2D eigenvalue weighted by molar-refractivity contribution is 0.0998. The summed E-state index contributed by atoms with van der Waals surface area (Å²) in [6.07, 6.45) is 0. The lowest BCUT2D eigenvalue weighted by Gasteiger charge is -1.98. The van der Waals surface area contributed by atoms with Gasteiger partial charge >= 0.3 is 0 Å². The maximum Gasteiger partial charge on any atom is 0.288 e. The summed E-state index contributed by atoms with van der Waals surface area (Å²) in [6, 6.07) is 1.41. The fourth-order valence-electron chi connectivity index (χ4n) is 0.793. The number of carbonyl (C=O) groups excluding carboxylic acids is 1. The summed E-state index contributed by atoms with van der Waals surface area (Å²) in [7, 11) is 0. The van der Waals surface area contributed by atoms with Crippen LogP contribution in [0.3, 0.4) is 0 Å². The highest BCUT2D eigenvalue weighted by Crippen LogP contribution is 2.15. The maximum atomic E-state index is 12.9. The third-order valence-corrected chi connectivity index (χ3v) is 1.50. The molecular weight excluding hydrogens is 215 g/mol. The summed E-state index contributed by atoms with van der Waals surface area (Å²) in [4.78, 5) is 13.8. The van der Waals surface area contributed by atoms with Crippen molar-refractivity contribution in [3.05, 3.63) is 35.1 Å². The minimum Gasteiger partial charge on any atom is -0.266 e. The summed E-state index contributed by atoms with van der Waals surface area (Å²) >= 11 is 4.10. The first-order valence-corrected chi connectivity index (χ1v) is 3.74. The molecule has 0 fully saturated rings. The van der Waals surface area contributed by atoms with Crippen molar-refractivity contribution in [2.45, 2.75) is 0 Å². The first-order chi connectivity index (χ1) is 6.57. The van der Waals surface area contributed by atoms with E-state index in [1.165, 1.54) is 0 Å². The van der Waals surface area contributed by atoms with Crippen LogP contribution in [0.15, 0.2) is 17.1 Å². The van der Waals surface area contributed by atoms with Crippen LogP contribution in [0.1, 0.15) is 10.4 Å². The van der Waals surface area contributed by atoms with E-state index in [4.69, 9.17) is 0 Å². The number of hydrogen-bond acceptors (Lipinski definition) is 2. The van der Waals surface area contributed by atoms with Gasteiger partial charge in [-0.25, -0.2) is 13.2 Å². The number of amides is 1. The highest BCUT2D eigenvalue weighted by molar-refractivity contribution is 7.78. The normalized spacial score (nSPS) is 9.36. The number of thiocarbonyl (C=S) groups is 1. The van der Waals surface area contributed by atoms with E-state index in [9.17, 15) is 18.0 Å². The van der Waals surface area contributed by atoms with Crippen molar-refractivity contribution in [1.82, 2.24) is 0 Å². The van der Waals surface area contributed by atoms with Gasteiger partial charge in [-0.1, -0.05) is 0 Å². The second-order valence-corrected chi connectivity index (χ2v) is 2.41. The molecule has 0 saturated carbocycles. The van der Waals surface area contributed by atoms with Crippen molar-refractivity contribution in [1.29, 1.82) is 0 Å². The largest absolute Gasteiger partial charge is 0.288 e. The van der Waals surface area contributed by atoms with Gasteiger partial charge < -0.3 is 0 Å². The van der Waals surface area contributed by atoms with Gasteiger partial charge in [-0.2, -0.15) is 4.99 Å². The second-order valence-electron chi connectivity index (χ2n) is 2.23. The van der Waals surface area contributed by atoms with Crippen molar-refractivity contribution in [3.8, 4) is 0 Å². The van der Waals surface area contributed by atoms with E-state index in [2.05, 4.69) is 17.2 Å². The van der Waals surface area contributed by atoms with E-state index >= 15 is 0 Å². The number of benzene rings is 1. The predicted molar refractivity (Wildman–Crippen MR) is 45.7 cm³/mol. The monoisotopic (exact) mass is 217 g/mol. The van der Waals surface area contributed by atoms with E-state index < -0.39 is 28.9 Å². The van der Waals surface area contributed by atoms with Crippen molar-refractivity contribution < 1.29 is 18.0 Å². The predicted octanol–water partition coefficient (Wildman–Crippen LogP) is 2.35. The Bertz CT molecular complexity index is 440. The Kier molecular flexibility index (Phi) is 3.11. The first-order valence-electron chi connectivity index (χ1n) is 3.33. The zero-order valence-electron chi connectivity index (χ0n) is 6.55. The van der Waals surface area contributed by atoms with Gasteiger partial charge in [-0.15, -0.1) is 0 Å². The van der Waals surface area contributed by atoms with Gasteiger partial charge in [0.25, 0.3) is 5.91 Å². The third kappa shape index (κ3) is 1.86. The summed E-state index contributed by atoms with van der Waals surface area (Å²) in [5, 5.41) is 1.70. The molecule has 2 nitrogen and oxygen atoms in total. The molecule has 0 heterocycles. The standard InChI is InChI=1S/C8H2F3NOS/c9-5-2-1-4(6(10)7(5)11)8(13)12-3-14/h1-2H.